The van der Waals surface area contributed by atoms with Crippen molar-refractivity contribution in [1.82, 2.24) is 4.98 Å². The van der Waals surface area contributed by atoms with Gasteiger partial charge in [-0.1, -0.05) is 34.1 Å². The molecule has 162 valence electrons. The minimum Gasteiger partial charge on any atom is -0.508 e. The van der Waals surface area contributed by atoms with Gasteiger partial charge in [-0.05, 0) is 60.2 Å². The number of phenols is 1. The third-order valence-electron chi connectivity index (χ3n) is 5.44. The van der Waals surface area contributed by atoms with Crippen LogP contribution in [0.2, 0.25) is 0 Å². The van der Waals surface area contributed by atoms with Crippen molar-refractivity contribution in [2.75, 3.05) is 10.2 Å². The molecular weight excluding hydrogens is 482 g/mol. The Morgan fingerprint density at radius 3 is 2.70 bits per heavy atom. The number of hydrogen-bond donors (Lipinski definition) is 2. The minimum absolute atomic E-state index is 0.0281. The monoisotopic (exact) mass is 499 g/mol. The topological polar surface area (TPSA) is 82.5 Å². The third kappa shape index (κ3) is 4.23. The molecule has 0 unspecified atom stereocenters. The molecule has 1 aromatic heterocycles. The number of anilines is 2. The Bertz CT molecular complexity index is 1430. The average Bonchev–Trinajstić information content (AvgIpc) is 3.05. The molecule has 0 aliphatic carbocycles. The first-order valence-electron chi connectivity index (χ1n) is 10.2. The van der Waals surface area contributed by atoms with E-state index in [1.165, 1.54) is 18.2 Å². The van der Waals surface area contributed by atoms with E-state index in [4.69, 9.17) is 0 Å². The number of aromatic nitrogens is 1. The lowest BCUT2D eigenvalue weighted by molar-refractivity contribution is -0.114. The number of halogens is 1. The molecular formula is C26H18BrN3O3. The molecule has 0 bridgehead atoms. The van der Waals surface area contributed by atoms with Crippen LogP contribution in [0, 0.1) is 0 Å². The molecule has 0 fully saturated rings. The Labute approximate surface area is 198 Å². The summed E-state index contributed by atoms with van der Waals surface area (Å²) in [6, 6.07) is 21.6. The maximum atomic E-state index is 13.3. The second kappa shape index (κ2) is 8.52. The van der Waals surface area contributed by atoms with E-state index in [0.717, 1.165) is 20.9 Å². The smallest absolute Gasteiger partial charge is 0.259 e. The van der Waals surface area contributed by atoms with Crippen LogP contribution < -0.4 is 10.2 Å². The molecule has 2 amide bonds. The number of amides is 2. The number of nitrogens with one attached hydrogen (secondary N) is 1. The number of pyridine rings is 1. The van der Waals surface area contributed by atoms with Crippen molar-refractivity contribution in [1.29, 1.82) is 0 Å². The van der Waals surface area contributed by atoms with Gasteiger partial charge >= 0.3 is 0 Å². The number of aromatic hydroxyl groups is 1. The van der Waals surface area contributed by atoms with Crippen LogP contribution in [0.1, 0.15) is 11.1 Å². The summed E-state index contributed by atoms with van der Waals surface area (Å²) in [6.45, 7) is 0.348. The Hall–Kier alpha value is -3.97. The molecule has 33 heavy (non-hydrogen) atoms. The largest absolute Gasteiger partial charge is 0.508 e. The highest BCUT2D eigenvalue weighted by Crippen LogP contribution is 2.39. The van der Waals surface area contributed by atoms with Crippen LogP contribution in [0.4, 0.5) is 11.4 Å². The van der Waals surface area contributed by atoms with Crippen molar-refractivity contribution in [2.45, 2.75) is 6.54 Å². The van der Waals surface area contributed by atoms with Gasteiger partial charge in [-0.3, -0.25) is 14.6 Å². The van der Waals surface area contributed by atoms with Crippen molar-refractivity contribution in [3.63, 3.8) is 0 Å². The first kappa shape index (κ1) is 20.9. The number of rotatable bonds is 4. The van der Waals surface area contributed by atoms with Gasteiger partial charge < -0.3 is 15.3 Å². The van der Waals surface area contributed by atoms with Crippen LogP contribution in [0.5, 0.6) is 5.75 Å². The fraction of sp³-hybridized carbons (Fsp3) is 0.0385. The molecule has 7 heteroatoms. The van der Waals surface area contributed by atoms with Crippen molar-refractivity contribution in [2.24, 2.45) is 0 Å². The molecule has 2 N–H and O–H groups in total. The van der Waals surface area contributed by atoms with Gasteiger partial charge in [0.1, 0.15) is 5.75 Å². The normalized spacial score (nSPS) is 14.0. The number of carbonyl (C=O) groups is 2. The van der Waals surface area contributed by atoms with Gasteiger partial charge in [-0.15, -0.1) is 0 Å². The highest BCUT2D eigenvalue weighted by molar-refractivity contribution is 9.10. The lowest BCUT2D eigenvalue weighted by Gasteiger charge is -2.17. The van der Waals surface area contributed by atoms with Gasteiger partial charge in [-0.25, -0.2) is 0 Å². The van der Waals surface area contributed by atoms with Crippen LogP contribution in [-0.2, 0) is 16.1 Å². The second-order valence-electron chi connectivity index (χ2n) is 7.68. The molecule has 0 spiro atoms. The molecule has 1 aliphatic heterocycles. The van der Waals surface area contributed by atoms with E-state index in [0.29, 0.717) is 23.5 Å². The molecule has 1 aliphatic rings. The lowest BCUT2D eigenvalue weighted by atomic mass is 10.1. The Kier molecular flexibility index (Phi) is 5.40. The summed E-state index contributed by atoms with van der Waals surface area (Å²) in [5, 5.41) is 13.7. The van der Waals surface area contributed by atoms with Crippen LogP contribution in [-0.4, -0.2) is 21.9 Å². The highest BCUT2D eigenvalue weighted by atomic mass is 79.9. The van der Waals surface area contributed by atoms with E-state index in [1.54, 1.807) is 23.2 Å². The van der Waals surface area contributed by atoms with Crippen LogP contribution >= 0.6 is 15.9 Å². The van der Waals surface area contributed by atoms with E-state index in [-0.39, 0.29) is 17.2 Å². The lowest BCUT2D eigenvalue weighted by Crippen LogP contribution is -2.26. The van der Waals surface area contributed by atoms with Crippen LogP contribution in [0.3, 0.4) is 0 Å². The summed E-state index contributed by atoms with van der Waals surface area (Å²) >= 11 is 3.42. The number of phenolic OH excluding ortho intramolecular Hbond substituents is 1. The quantitative estimate of drug-likeness (QED) is 0.374. The maximum Gasteiger partial charge on any atom is 0.259 e. The molecule has 2 heterocycles. The fourth-order valence-corrected chi connectivity index (χ4v) is 4.14. The number of hydrogen-bond acceptors (Lipinski definition) is 4. The highest BCUT2D eigenvalue weighted by Gasteiger charge is 2.33. The number of fused-ring (bicyclic) bond motifs is 2. The fourth-order valence-electron chi connectivity index (χ4n) is 3.88. The average molecular weight is 500 g/mol. The van der Waals surface area contributed by atoms with E-state index in [2.05, 4.69) is 26.2 Å². The maximum absolute atomic E-state index is 13.3. The van der Waals surface area contributed by atoms with E-state index >= 15 is 0 Å². The zero-order chi connectivity index (χ0) is 22.9. The second-order valence-corrected chi connectivity index (χ2v) is 8.59. The molecule has 3 aromatic carbocycles. The first-order chi connectivity index (χ1) is 16.0. The predicted octanol–water partition coefficient (Wildman–Crippen LogP) is 5.27. The Morgan fingerprint density at radius 2 is 1.88 bits per heavy atom. The minimum atomic E-state index is -0.429. The summed E-state index contributed by atoms with van der Waals surface area (Å²) in [5.41, 5.74) is 3.78. The predicted molar refractivity (Wildman–Crippen MR) is 132 cm³/mol. The van der Waals surface area contributed by atoms with Gasteiger partial charge in [0.15, 0.2) is 0 Å². The molecule has 5 rings (SSSR count). The molecule has 4 aromatic rings. The van der Waals surface area contributed by atoms with E-state index in [1.807, 2.05) is 48.5 Å². The van der Waals surface area contributed by atoms with Crippen LogP contribution in [0.25, 0.3) is 16.5 Å². The summed E-state index contributed by atoms with van der Waals surface area (Å²) in [5.74, 6) is -0.696. The molecule has 0 radical (unpaired) electrons. The van der Waals surface area contributed by atoms with E-state index in [9.17, 15) is 14.7 Å². The van der Waals surface area contributed by atoms with Crippen molar-refractivity contribution >= 4 is 55.6 Å². The van der Waals surface area contributed by atoms with Gasteiger partial charge in [0.05, 0.1) is 23.3 Å². The zero-order valence-electron chi connectivity index (χ0n) is 17.3. The SMILES string of the molecule is O=C(/C=C1/C(=O)N(Cc2ccc(Br)cc2)c2ccc(O)cc21)Nc1ccc2ncccc2c1. The molecule has 0 saturated carbocycles. The number of carbonyl (C=O) groups excluding carboxylic acids is 2. The number of benzene rings is 3. The van der Waals surface area contributed by atoms with Gasteiger partial charge in [0, 0.05) is 33.4 Å². The molecule has 0 atom stereocenters. The Morgan fingerprint density at radius 1 is 1.06 bits per heavy atom. The van der Waals surface area contributed by atoms with E-state index < -0.39 is 5.91 Å². The Balaban J connectivity index is 1.44. The van der Waals surface area contributed by atoms with Crippen LogP contribution in [0.15, 0.2) is 89.5 Å². The van der Waals surface area contributed by atoms with Gasteiger partial charge in [-0.2, -0.15) is 0 Å². The molecule has 0 saturated heterocycles. The summed E-state index contributed by atoms with van der Waals surface area (Å²) < 4.78 is 0.950. The number of nitrogens with zero attached hydrogens (tertiary/aromatic N) is 2. The standard InChI is InChI=1S/C26H18BrN3O3/c27-18-5-3-16(4-6-18)15-30-24-10-8-20(31)13-21(24)22(26(30)33)14-25(32)29-19-7-9-23-17(12-19)2-1-11-28-23/h1-14,31H,15H2,(H,29,32)/b22-14+. The van der Waals surface area contributed by atoms with Crippen molar-refractivity contribution in [3.8, 4) is 5.75 Å². The summed E-state index contributed by atoms with van der Waals surface area (Å²) in [7, 11) is 0. The van der Waals surface area contributed by atoms with Gasteiger partial charge in [0.2, 0.25) is 5.91 Å². The molecule has 6 nitrogen and oxygen atoms in total. The first-order valence-corrected chi connectivity index (χ1v) is 11.0. The summed E-state index contributed by atoms with van der Waals surface area (Å²) in [6.07, 6.45) is 3.00. The van der Waals surface area contributed by atoms with Crippen molar-refractivity contribution < 1.29 is 14.7 Å². The third-order valence-corrected chi connectivity index (χ3v) is 5.97. The van der Waals surface area contributed by atoms with Crippen molar-refractivity contribution in [3.05, 3.63) is 101 Å². The zero-order valence-corrected chi connectivity index (χ0v) is 18.9. The summed E-state index contributed by atoms with van der Waals surface area (Å²) in [4.78, 5) is 32.0. The van der Waals surface area contributed by atoms with Gasteiger partial charge in [0.25, 0.3) is 5.91 Å².